The van der Waals surface area contributed by atoms with Crippen molar-refractivity contribution in [2.75, 3.05) is 11.9 Å². The number of hydrogen-bond acceptors (Lipinski definition) is 6. The number of pyridine rings is 1. The van der Waals surface area contributed by atoms with E-state index in [-0.39, 0.29) is 29.2 Å². The fraction of sp³-hybridized carbons (Fsp3) is 0.600. The summed E-state index contributed by atoms with van der Waals surface area (Å²) in [5, 5.41) is 23.1. The first-order valence-corrected chi connectivity index (χ1v) is 10.7. The molecule has 0 radical (unpaired) electrons. The van der Waals surface area contributed by atoms with Gasteiger partial charge in [0, 0.05) is 18.2 Å². The molecule has 0 bridgehead atoms. The number of aliphatic hydroxyl groups is 1. The summed E-state index contributed by atoms with van der Waals surface area (Å²) in [4.78, 5) is 16.9. The molecule has 1 saturated carbocycles. The van der Waals surface area contributed by atoms with E-state index in [9.17, 15) is 23.1 Å². The summed E-state index contributed by atoms with van der Waals surface area (Å²) in [5.41, 5.74) is -0.359. The van der Waals surface area contributed by atoms with E-state index in [1.807, 2.05) is 0 Å². The second-order valence-corrected chi connectivity index (χ2v) is 8.83. The second-order valence-electron chi connectivity index (χ2n) is 8.44. The van der Waals surface area contributed by atoms with Gasteiger partial charge in [-0.25, -0.2) is 9.37 Å². The average molecular weight is 475 g/mol. The first-order chi connectivity index (χ1) is 15.0. The van der Waals surface area contributed by atoms with Crippen molar-refractivity contribution < 1.29 is 23.1 Å². The standard InChI is InChI=1S/C20H26ClF3N6O2/c1-20(2,32)16(22)10-26-18(31)13-8-25-17(21)7-14(13)28-12-5-3-11(4-6-12)15-9-27-30(29-15)19(23)24/h7-9,11-12,16,19,32H,3-6,10H2,1-2H3,(H,25,28)(H,26,31)/t11-,12-,16-/m1/s1. The Balaban J connectivity index is 1.61. The van der Waals surface area contributed by atoms with Crippen LogP contribution in [-0.2, 0) is 0 Å². The van der Waals surface area contributed by atoms with Crippen LogP contribution in [-0.4, -0.2) is 55.4 Å². The van der Waals surface area contributed by atoms with Crippen molar-refractivity contribution in [3.63, 3.8) is 0 Å². The van der Waals surface area contributed by atoms with Gasteiger partial charge in [0.1, 0.15) is 11.3 Å². The lowest BCUT2D eigenvalue weighted by Gasteiger charge is -2.29. The molecule has 176 valence electrons. The van der Waals surface area contributed by atoms with Crippen LogP contribution in [0, 0.1) is 0 Å². The predicted octanol–water partition coefficient (Wildman–Crippen LogP) is 3.70. The number of anilines is 1. The van der Waals surface area contributed by atoms with Gasteiger partial charge in [-0.3, -0.25) is 4.79 Å². The summed E-state index contributed by atoms with van der Waals surface area (Å²) >= 11 is 6.00. The minimum absolute atomic E-state index is 0.0201. The predicted molar refractivity (Wildman–Crippen MR) is 113 cm³/mol. The zero-order valence-electron chi connectivity index (χ0n) is 17.7. The molecule has 8 nitrogen and oxygen atoms in total. The molecule has 1 aliphatic carbocycles. The monoisotopic (exact) mass is 474 g/mol. The molecular formula is C20H26ClF3N6O2. The highest BCUT2D eigenvalue weighted by Crippen LogP contribution is 2.34. The maximum Gasteiger partial charge on any atom is 0.348 e. The van der Waals surface area contributed by atoms with Crippen molar-refractivity contribution in [2.45, 2.75) is 69.8 Å². The van der Waals surface area contributed by atoms with Crippen LogP contribution in [0.4, 0.5) is 18.9 Å². The summed E-state index contributed by atoms with van der Waals surface area (Å²) < 4.78 is 39.4. The van der Waals surface area contributed by atoms with Crippen molar-refractivity contribution in [1.29, 1.82) is 0 Å². The minimum Gasteiger partial charge on any atom is -0.387 e. The van der Waals surface area contributed by atoms with Gasteiger partial charge in [-0.1, -0.05) is 11.6 Å². The van der Waals surface area contributed by atoms with Crippen LogP contribution in [0.5, 0.6) is 0 Å². The third kappa shape index (κ3) is 6.10. The number of halogens is 4. The van der Waals surface area contributed by atoms with E-state index in [1.165, 1.54) is 32.3 Å². The van der Waals surface area contributed by atoms with Crippen LogP contribution < -0.4 is 10.6 Å². The lowest BCUT2D eigenvalue weighted by molar-refractivity contribution is -0.00178. The molecule has 0 saturated heterocycles. The van der Waals surface area contributed by atoms with E-state index in [4.69, 9.17) is 11.6 Å². The zero-order chi connectivity index (χ0) is 23.5. The Morgan fingerprint density at radius 1 is 1.28 bits per heavy atom. The molecule has 0 spiro atoms. The fourth-order valence-corrected chi connectivity index (χ4v) is 3.74. The first kappa shape index (κ1) is 24.2. The number of rotatable bonds is 8. The molecule has 1 fully saturated rings. The Morgan fingerprint density at radius 3 is 2.56 bits per heavy atom. The van der Waals surface area contributed by atoms with Gasteiger partial charge >= 0.3 is 6.55 Å². The Kier molecular flexibility index (Phi) is 7.60. The molecule has 2 aromatic rings. The number of nitrogens with one attached hydrogen (secondary N) is 2. The second kappa shape index (κ2) is 10.0. The summed E-state index contributed by atoms with van der Waals surface area (Å²) in [6, 6.07) is 1.55. The maximum absolute atomic E-state index is 14.0. The lowest BCUT2D eigenvalue weighted by atomic mass is 9.84. The zero-order valence-corrected chi connectivity index (χ0v) is 18.5. The van der Waals surface area contributed by atoms with Gasteiger partial charge in [-0.2, -0.15) is 19.0 Å². The molecule has 0 aromatic carbocycles. The number of hydrogen-bond donors (Lipinski definition) is 3. The molecule has 3 rings (SSSR count). The van der Waals surface area contributed by atoms with E-state index >= 15 is 0 Å². The highest BCUT2D eigenvalue weighted by molar-refractivity contribution is 6.29. The van der Waals surface area contributed by atoms with Gasteiger partial charge in [-0.15, -0.1) is 4.80 Å². The molecule has 1 aliphatic rings. The topological polar surface area (TPSA) is 105 Å². The van der Waals surface area contributed by atoms with Crippen molar-refractivity contribution in [3.8, 4) is 0 Å². The Morgan fingerprint density at radius 2 is 1.97 bits per heavy atom. The number of nitrogens with zero attached hydrogens (tertiary/aromatic N) is 4. The fourth-order valence-electron chi connectivity index (χ4n) is 3.58. The molecule has 0 aliphatic heterocycles. The highest BCUT2D eigenvalue weighted by Gasteiger charge is 2.28. The summed E-state index contributed by atoms with van der Waals surface area (Å²) in [6.45, 7) is -0.468. The lowest BCUT2D eigenvalue weighted by Crippen LogP contribution is -2.42. The number of amides is 1. The molecule has 32 heavy (non-hydrogen) atoms. The van der Waals surface area contributed by atoms with Gasteiger partial charge in [0.05, 0.1) is 35.3 Å². The molecule has 0 unspecified atom stereocenters. The van der Waals surface area contributed by atoms with Crippen LogP contribution in [0.2, 0.25) is 5.15 Å². The molecule has 1 amide bonds. The average Bonchev–Trinajstić information content (AvgIpc) is 3.22. The van der Waals surface area contributed by atoms with Crippen molar-refractivity contribution in [3.05, 3.63) is 34.9 Å². The molecule has 12 heteroatoms. The van der Waals surface area contributed by atoms with Crippen LogP contribution in [0.15, 0.2) is 18.5 Å². The van der Waals surface area contributed by atoms with Crippen molar-refractivity contribution in [1.82, 2.24) is 25.3 Å². The molecule has 1 atom stereocenters. The minimum atomic E-state index is -2.76. The van der Waals surface area contributed by atoms with Gasteiger partial charge in [-0.05, 0) is 45.6 Å². The summed E-state index contributed by atoms with van der Waals surface area (Å²) in [5.74, 6) is -0.506. The number of carbonyl (C=O) groups is 1. The molecular weight excluding hydrogens is 449 g/mol. The Labute approximate surface area is 188 Å². The maximum atomic E-state index is 14.0. The first-order valence-electron chi connectivity index (χ1n) is 10.3. The van der Waals surface area contributed by atoms with Crippen LogP contribution in [0.3, 0.4) is 0 Å². The van der Waals surface area contributed by atoms with Crippen LogP contribution in [0.25, 0.3) is 0 Å². The van der Waals surface area contributed by atoms with E-state index in [2.05, 4.69) is 25.8 Å². The molecule has 2 heterocycles. The van der Waals surface area contributed by atoms with Crippen LogP contribution >= 0.6 is 11.6 Å². The normalized spacial score (nSPS) is 20.2. The number of alkyl halides is 3. The summed E-state index contributed by atoms with van der Waals surface area (Å²) in [7, 11) is 0. The SMILES string of the molecule is CC(C)(O)[C@H](F)CNC(=O)c1cnc(Cl)cc1N[C@H]1CC[C@H](c2cnn(C(F)F)n2)CC1. The van der Waals surface area contributed by atoms with Gasteiger partial charge in [0.2, 0.25) is 0 Å². The molecule has 2 aromatic heterocycles. The number of carbonyl (C=O) groups excluding carboxylic acids is 1. The summed E-state index contributed by atoms with van der Waals surface area (Å²) in [6.07, 6.45) is 3.93. The van der Waals surface area contributed by atoms with Crippen molar-refractivity contribution in [2.24, 2.45) is 0 Å². The Bertz CT molecular complexity index is 928. The largest absolute Gasteiger partial charge is 0.387 e. The quantitative estimate of drug-likeness (QED) is 0.504. The van der Waals surface area contributed by atoms with Gasteiger partial charge in [0.15, 0.2) is 0 Å². The van der Waals surface area contributed by atoms with Gasteiger partial charge in [0.25, 0.3) is 5.91 Å². The van der Waals surface area contributed by atoms with E-state index in [0.717, 1.165) is 25.7 Å². The molecule has 3 N–H and O–H groups in total. The smallest absolute Gasteiger partial charge is 0.348 e. The highest BCUT2D eigenvalue weighted by atomic mass is 35.5. The third-order valence-electron chi connectivity index (χ3n) is 5.53. The van der Waals surface area contributed by atoms with E-state index in [1.54, 1.807) is 0 Å². The van der Waals surface area contributed by atoms with E-state index < -0.39 is 24.2 Å². The third-order valence-corrected chi connectivity index (χ3v) is 5.74. The van der Waals surface area contributed by atoms with Crippen LogP contribution in [0.1, 0.15) is 68.0 Å². The number of aromatic nitrogens is 4. The Hall–Kier alpha value is -2.40. The van der Waals surface area contributed by atoms with Crippen molar-refractivity contribution >= 4 is 23.2 Å². The van der Waals surface area contributed by atoms with E-state index in [0.29, 0.717) is 16.2 Å². The van der Waals surface area contributed by atoms with Gasteiger partial charge < -0.3 is 15.7 Å².